The zero-order valence-electron chi connectivity index (χ0n) is 11.1. The molecule has 4 nitrogen and oxygen atoms in total. The Morgan fingerprint density at radius 2 is 2.05 bits per heavy atom. The lowest BCUT2D eigenvalue weighted by Crippen LogP contribution is -2.39. The second kappa shape index (κ2) is 4.59. The minimum Gasteiger partial charge on any atom is -0.477 e. The highest BCUT2D eigenvalue weighted by Crippen LogP contribution is 2.41. The number of hydrogen-bond acceptors (Lipinski definition) is 3. The molecule has 1 aromatic heterocycles. The first-order chi connectivity index (χ1) is 9.48. The number of rotatable bonds is 3. The number of carbonyl (C=O) groups is 2. The van der Waals surface area contributed by atoms with Crippen molar-refractivity contribution in [2.75, 3.05) is 5.32 Å². The molecule has 2 N–H and O–H groups in total. The van der Waals surface area contributed by atoms with Gasteiger partial charge in [0, 0.05) is 15.8 Å². The van der Waals surface area contributed by atoms with Gasteiger partial charge in [0.15, 0.2) is 0 Å². The number of hydrogen-bond donors (Lipinski definition) is 2. The predicted molar refractivity (Wildman–Crippen MR) is 79.4 cm³/mol. The normalized spacial score (nSPS) is 16.6. The van der Waals surface area contributed by atoms with Gasteiger partial charge in [-0.2, -0.15) is 0 Å². The lowest BCUT2D eigenvalue weighted by atomic mass is 9.70. The monoisotopic (exact) mass is 289 g/mol. The zero-order valence-corrected chi connectivity index (χ0v) is 11.9. The van der Waals surface area contributed by atoms with E-state index in [-0.39, 0.29) is 11.3 Å². The lowest BCUT2D eigenvalue weighted by Gasteiger charge is -2.36. The molecular formula is C15H15NO3S. The fourth-order valence-electron chi connectivity index (χ4n) is 2.44. The van der Waals surface area contributed by atoms with Gasteiger partial charge in [-0.3, -0.25) is 4.79 Å². The second-order valence-electron chi connectivity index (χ2n) is 5.54. The summed E-state index contributed by atoms with van der Waals surface area (Å²) in [6, 6.07) is 7.15. The number of carbonyl (C=O) groups excluding carboxylic acids is 1. The van der Waals surface area contributed by atoms with Crippen molar-refractivity contribution in [3.63, 3.8) is 0 Å². The number of aromatic carboxylic acids is 1. The summed E-state index contributed by atoms with van der Waals surface area (Å²) in [7, 11) is 0. The van der Waals surface area contributed by atoms with Gasteiger partial charge >= 0.3 is 5.97 Å². The maximum Gasteiger partial charge on any atom is 0.345 e. The summed E-state index contributed by atoms with van der Waals surface area (Å²) in [6.45, 7) is 1.98. The van der Waals surface area contributed by atoms with E-state index < -0.39 is 5.97 Å². The van der Waals surface area contributed by atoms with Crippen molar-refractivity contribution in [3.8, 4) is 0 Å². The van der Waals surface area contributed by atoms with Crippen molar-refractivity contribution in [1.29, 1.82) is 0 Å². The molecule has 1 aliphatic carbocycles. The molecule has 5 heteroatoms. The molecule has 1 aliphatic rings. The van der Waals surface area contributed by atoms with E-state index in [0.29, 0.717) is 4.88 Å². The summed E-state index contributed by atoms with van der Waals surface area (Å²) in [5, 5.41) is 12.8. The van der Waals surface area contributed by atoms with Gasteiger partial charge in [0.05, 0.1) is 0 Å². The summed E-state index contributed by atoms with van der Waals surface area (Å²) >= 11 is 1.24. The molecule has 0 spiro atoms. The summed E-state index contributed by atoms with van der Waals surface area (Å²) in [6.07, 6.45) is 2.97. The minimum absolute atomic E-state index is 0.0526. The Bertz CT molecular complexity index is 700. The molecule has 104 valence electrons. The van der Waals surface area contributed by atoms with Crippen molar-refractivity contribution in [2.45, 2.75) is 26.2 Å². The highest BCUT2D eigenvalue weighted by atomic mass is 32.1. The van der Waals surface area contributed by atoms with Crippen LogP contribution in [0.1, 0.15) is 35.9 Å². The third-order valence-electron chi connectivity index (χ3n) is 3.99. The van der Waals surface area contributed by atoms with Gasteiger partial charge in [-0.1, -0.05) is 13.3 Å². The first-order valence-corrected chi connectivity index (χ1v) is 7.38. The lowest BCUT2D eigenvalue weighted by molar-refractivity contribution is -0.128. The molecule has 0 unspecified atom stereocenters. The van der Waals surface area contributed by atoms with E-state index >= 15 is 0 Å². The summed E-state index contributed by atoms with van der Waals surface area (Å²) in [4.78, 5) is 23.4. The molecule has 1 amide bonds. The van der Waals surface area contributed by atoms with Crippen molar-refractivity contribution in [1.82, 2.24) is 0 Å². The van der Waals surface area contributed by atoms with Gasteiger partial charge < -0.3 is 10.4 Å². The summed E-state index contributed by atoms with van der Waals surface area (Å²) in [5.74, 6) is -0.865. The molecule has 2 aromatic rings. The average Bonchev–Trinajstić information content (AvgIpc) is 2.79. The van der Waals surface area contributed by atoms with Crippen LogP contribution < -0.4 is 5.32 Å². The van der Waals surface area contributed by atoms with Gasteiger partial charge in [-0.05, 0) is 42.5 Å². The largest absolute Gasteiger partial charge is 0.477 e. The summed E-state index contributed by atoms with van der Waals surface area (Å²) in [5.41, 5.74) is 0.487. The van der Waals surface area contributed by atoms with Crippen LogP contribution in [-0.2, 0) is 4.79 Å². The van der Waals surface area contributed by atoms with Crippen LogP contribution in [0.25, 0.3) is 10.1 Å². The van der Waals surface area contributed by atoms with Crippen molar-refractivity contribution < 1.29 is 14.7 Å². The molecule has 1 aromatic carbocycles. The van der Waals surface area contributed by atoms with Crippen molar-refractivity contribution in [2.24, 2.45) is 5.41 Å². The highest BCUT2D eigenvalue weighted by Gasteiger charge is 2.39. The van der Waals surface area contributed by atoms with Crippen LogP contribution in [0.2, 0.25) is 0 Å². The van der Waals surface area contributed by atoms with E-state index in [1.165, 1.54) is 11.3 Å². The number of carboxylic acids is 1. The van der Waals surface area contributed by atoms with E-state index in [0.717, 1.165) is 35.0 Å². The van der Waals surface area contributed by atoms with Gasteiger partial charge in [0.2, 0.25) is 5.91 Å². The van der Waals surface area contributed by atoms with Gasteiger partial charge in [-0.25, -0.2) is 4.79 Å². The van der Waals surface area contributed by atoms with Gasteiger partial charge in [-0.15, -0.1) is 11.3 Å². The van der Waals surface area contributed by atoms with Crippen LogP contribution in [0, 0.1) is 5.41 Å². The number of carboxylic acid groups (broad SMARTS) is 1. The molecule has 0 radical (unpaired) electrons. The Morgan fingerprint density at radius 1 is 1.30 bits per heavy atom. The van der Waals surface area contributed by atoms with E-state index in [1.807, 2.05) is 25.1 Å². The molecule has 0 bridgehead atoms. The molecular weight excluding hydrogens is 274 g/mol. The van der Waals surface area contributed by atoms with E-state index in [2.05, 4.69) is 5.32 Å². The Labute approximate surface area is 120 Å². The smallest absolute Gasteiger partial charge is 0.345 e. The first kappa shape index (κ1) is 13.1. The Hall–Kier alpha value is -1.88. The fourth-order valence-corrected chi connectivity index (χ4v) is 3.32. The van der Waals surface area contributed by atoms with Crippen LogP contribution >= 0.6 is 11.3 Å². The Kier molecular flexibility index (Phi) is 3.01. The topological polar surface area (TPSA) is 66.4 Å². The molecule has 0 atom stereocenters. The molecule has 3 rings (SSSR count). The third kappa shape index (κ3) is 2.18. The number of fused-ring (bicyclic) bond motifs is 1. The van der Waals surface area contributed by atoms with Crippen LogP contribution in [0.15, 0.2) is 24.3 Å². The molecule has 1 heterocycles. The van der Waals surface area contributed by atoms with Gasteiger partial charge in [0.25, 0.3) is 0 Å². The quantitative estimate of drug-likeness (QED) is 0.904. The predicted octanol–water partition coefficient (Wildman–Crippen LogP) is 3.73. The SMILES string of the molecule is CC1(C(=O)Nc2ccc3sc(C(=O)O)cc3c2)CCC1. The van der Waals surface area contributed by atoms with Crippen LogP contribution in [0.5, 0.6) is 0 Å². The van der Waals surface area contributed by atoms with Crippen molar-refractivity contribution >= 4 is 39.0 Å². The number of thiophene rings is 1. The number of nitrogens with one attached hydrogen (secondary N) is 1. The first-order valence-electron chi connectivity index (χ1n) is 6.56. The van der Waals surface area contributed by atoms with E-state index in [9.17, 15) is 9.59 Å². The Morgan fingerprint density at radius 3 is 2.65 bits per heavy atom. The van der Waals surface area contributed by atoms with Gasteiger partial charge in [0.1, 0.15) is 4.88 Å². The van der Waals surface area contributed by atoms with Crippen LogP contribution in [-0.4, -0.2) is 17.0 Å². The van der Waals surface area contributed by atoms with E-state index in [1.54, 1.807) is 6.07 Å². The second-order valence-corrected chi connectivity index (χ2v) is 6.62. The third-order valence-corrected chi connectivity index (χ3v) is 5.09. The highest BCUT2D eigenvalue weighted by molar-refractivity contribution is 7.20. The molecule has 20 heavy (non-hydrogen) atoms. The van der Waals surface area contributed by atoms with Crippen molar-refractivity contribution in [3.05, 3.63) is 29.1 Å². The standard InChI is InChI=1S/C15H15NO3S/c1-15(5-2-6-15)14(19)16-10-3-4-11-9(7-10)8-12(20-11)13(17)18/h3-4,7-8H,2,5-6H2,1H3,(H,16,19)(H,17,18). The average molecular weight is 289 g/mol. The number of benzene rings is 1. The van der Waals surface area contributed by atoms with E-state index in [4.69, 9.17) is 5.11 Å². The molecule has 0 saturated heterocycles. The van der Waals surface area contributed by atoms with Crippen LogP contribution in [0.4, 0.5) is 5.69 Å². The molecule has 0 aliphatic heterocycles. The fraction of sp³-hybridized carbons (Fsp3) is 0.333. The molecule has 1 fully saturated rings. The maximum absolute atomic E-state index is 12.2. The minimum atomic E-state index is -0.918. The number of amides is 1. The number of anilines is 1. The van der Waals surface area contributed by atoms with Crippen LogP contribution in [0.3, 0.4) is 0 Å². The zero-order chi connectivity index (χ0) is 14.3. The Balaban J connectivity index is 1.85. The maximum atomic E-state index is 12.2. The summed E-state index contributed by atoms with van der Waals surface area (Å²) < 4.78 is 0.912. The molecule has 1 saturated carbocycles.